The molecule has 0 radical (unpaired) electrons. The lowest BCUT2D eigenvalue weighted by molar-refractivity contribution is -0.143. The fourth-order valence-corrected chi connectivity index (χ4v) is 6.42. The third kappa shape index (κ3) is 6.22. The number of aryl methyl sites for hydroxylation is 1. The molecule has 3 aromatic rings. The number of hydrogen-bond donors (Lipinski definition) is 1. The molecule has 1 saturated carbocycles. The van der Waals surface area contributed by atoms with Crippen molar-refractivity contribution in [3.05, 3.63) is 68.3 Å². The van der Waals surface area contributed by atoms with Crippen LogP contribution in [-0.4, -0.2) is 28.5 Å². The number of hydrogen-bond acceptors (Lipinski definition) is 4. The minimum absolute atomic E-state index is 0.0271. The van der Waals surface area contributed by atoms with E-state index in [2.05, 4.69) is 10.2 Å². The zero-order valence-corrected chi connectivity index (χ0v) is 22.6. The Hall–Kier alpha value is -2.86. The van der Waals surface area contributed by atoms with E-state index in [4.69, 9.17) is 0 Å². The van der Waals surface area contributed by atoms with Crippen LogP contribution >= 0.6 is 11.3 Å². The molecule has 5 rings (SSSR count). The van der Waals surface area contributed by atoms with Crippen molar-refractivity contribution in [1.82, 2.24) is 14.8 Å². The number of aromatic nitrogens is 1. The van der Waals surface area contributed by atoms with Crippen molar-refractivity contribution in [3.8, 4) is 0 Å². The standard InChI is InChI=1S/C28H29F6N3O2S/c1-36-22-12-18(4-5-23(22)40-25(36)39)16-37-8-6-26(7-9-37,14-17-2-3-17)24(38)35-15-19-10-20(27(29,30)31)13-21(11-19)28(32,33)34/h4-5,10-13,17H,2-3,6-9,14-16H2,1H3,(H,35,38). The summed E-state index contributed by atoms with van der Waals surface area (Å²) in [6, 6.07) is 7.32. The summed E-state index contributed by atoms with van der Waals surface area (Å²) in [6.07, 6.45) is -6.10. The summed E-state index contributed by atoms with van der Waals surface area (Å²) in [7, 11) is 1.74. The van der Waals surface area contributed by atoms with E-state index in [0.717, 1.165) is 28.6 Å². The number of nitrogens with zero attached hydrogens (tertiary/aromatic N) is 2. The lowest BCUT2D eigenvalue weighted by Gasteiger charge is -2.41. The van der Waals surface area contributed by atoms with E-state index in [1.54, 1.807) is 11.6 Å². The summed E-state index contributed by atoms with van der Waals surface area (Å²) < 4.78 is 82.1. The molecule has 2 aliphatic rings. The highest BCUT2D eigenvalue weighted by molar-refractivity contribution is 7.16. The van der Waals surface area contributed by atoms with Gasteiger partial charge in [0.2, 0.25) is 5.91 Å². The van der Waals surface area contributed by atoms with Crippen LogP contribution in [-0.2, 0) is 37.3 Å². The number of rotatable bonds is 7. The fourth-order valence-electron chi connectivity index (χ4n) is 5.56. The molecule has 216 valence electrons. The molecule has 12 heteroatoms. The SMILES string of the molecule is Cn1c(=O)sc2ccc(CN3CCC(CC4CC4)(C(=O)NCc4cc(C(F)(F)F)cc(C(F)(F)F)c4)CC3)cc21. The van der Waals surface area contributed by atoms with Crippen LogP contribution in [0.1, 0.15) is 54.4 Å². The van der Waals surface area contributed by atoms with Gasteiger partial charge in [-0.25, -0.2) is 0 Å². The molecule has 0 unspecified atom stereocenters. The van der Waals surface area contributed by atoms with Crippen LogP contribution in [0, 0.1) is 11.3 Å². The van der Waals surface area contributed by atoms with Gasteiger partial charge < -0.3 is 9.88 Å². The van der Waals surface area contributed by atoms with Crippen LogP contribution in [0.5, 0.6) is 0 Å². The van der Waals surface area contributed by atoms with Crippen molar-refractivity contribution in [3.63, 3.8) is 0 Å². The number of alkyl halides is 6. The van der Waals surface area contributed by atoms with Gasteiger partial charge in [0.25, 0.3) is 0 Å². The lowest BCUT2D eigenvalue weighted by Crippen LogP contribution is -2.48. The van der Waals surface area contributed by atoms with Crippen molar-refractivity contribution < 1.29 is 31.1 Å². The molecule has 1 N–H and O–H groups in total. The van der Waals surface area contributed by atoms with Crippen LogP contribution in [0.2, 0.25) is 0 Å². The highest BCUT2D eigenvalue weighted by atomic mass is 32.1. The Bertz CT molecular complexity index is 1430. The first-order valence-corrected chi connectivity index (χ1v) is 13.9. The Morgan fingerprint density at radius 2 is 1.60 bits per heavy atom. The molecular formula is C28H29F6N3O2S. The second-order valence-electron chi connectivity index (χ2n) is 11.0. The van der Waals surface area contributed by atoms with Crippen LogP contribution in [0.3, 0.4) is 0 Å². The maximum atomic E-state index is 13.5. The zero-order valence-electron chi connectivity index (χ0n) is 21.8. The average Bonchev–Trinajstić information content (AvgIpc) is 3.66. The maximum Gasteiger partial charge on any atom is 0.416 e. The Morgan fingerprint density at radius 3 is 2.17 bits per heavy atom. The van der Waals surface area contributed by atoms with E-state index in [-0.39, 0.29) is 22.4 Å². The number of carbonyl (C=O) groups excluding carboxylic acids is 1. The second kappa shape index (κ2) is 10.5. The molecule has 5 nitrogen and oxygen atoms in total. The van der Waals surface area contributed by atoms with Crippen molar-refractivity contribution in [2.75, 3.05) is 13.1 Å². The Morgan fingerprint density at radius 1 is 0.975 bits per heavy atom. The first-order chi connectivity index (χ1) is 18.7. The molecule has 1 aliphatic carbocycles. The zero-order chi connectivity index (χ0) is 28.9. The number of benzene rings is 2. The van der Waals surface area contributed by atoms with Crippen LogP contribution in [0.4, 0.5) is 26.3 Å². The van der Waals surface area contributed by atoms with Gasteiger partial charge in [-0.1, -0.05) is 30.2 Å². The third-order valence-electron chi connectivity index (χ3n) is 8.03. The van der Waals surface area contributed by atoms with E-state index in [0.29, 0.717) is 56.9 Å². The molecule has 1 amide bonds. The van der Waals surface area contributed by atoms with E-state index < -0.39 is 35.4 Å². The summed E-state index contributed by atoms with van der Waals surface area (Å²) in [4.78, 5) is 27.6. The molecule has 2 aromatic carbocycles. The van der Waals surface area contributed by atoms with Gasteiger partial charge in [-0.05, 0) is 79.7 Å². The van der Waals surface area contributed by atoms with Crippen molar-refractivity contribution in [2.24, 2.45) is 18.4 Å². The smallest absolute Gasteiger partial charge is 0.352 e. The Balaban J connectivity index is 1.27. The molecule has 0 bridgehead atoms. The molecule has 0 atom stereocenters. The van der Waals surface area contributed by atoms with Crippen LogP contribution in [0.15, 0.2) is 41.2 Å². The first kappa shape index (κ1) is 28.7. The monoisotopic (exact) mass is 585 g/mol. The molecule has 1 aliphatic heterocycles. The summed E-state index contributed by atoms with van der Waals surface area (Å²) in [5.41, 5.74) is -1.83. The van der Waals surface area contributed by atoms with Crippen molar-refractivity contribution >= 4 is 27.5 Å². The highest BCUT2D eigenvalue weighted by Crippen LogP contribution is 2.46. The number of likely N-dealkylation sites (tertiary alicyclic amines) is 1. The summed E-state index contributed by atoms with van der Waals surface area (Å²) in [5, 5.41) is 2.67. The van der Waals surface area contributed by atoms with Crippen LogP contribution < -0.4 is 10.2 Å². The van der Waals surface area contributed by atoms with Crippen molar-refractivity contribution in [1.29, 1.82) is 0 Å². The average molecular weight is 586 g/mol. The van der Waals surface area contributed by atoms with Gasteiger partial charge in [0.05, 0.1) is 26.8 Å². The van der Waals surface area contributed by atoms with E-state index >= 15 is 0 Å². The lowest BCUT2D eigenvalue weighted by atomic mass is 9.73. The van der Waals surface area contributed by atoms with Gasteiger partial charge in [-0.15, -0.1) is 0 Å². The first-order valence-electron chi connectivity index (χ1n) is 13.1. The predicted octanol–water partition coefficient (Wildman–Crippen LogP) is 6.34. The minimum Gasteiger partial charge on any atom is -0.352 e. The van der Waals surface area contributed by atoms with Gasteiger partial charge in [-0.3, -0.25) is 14.5 Å². The third-order valence-corrected chi connectivity index (χ3v) is 9.05. The molecule has 40 heavy (non-hydrogen) atoms. The second-order valence-corrected chi connectivity index (χ2v) is 12.0. The summed E-state index contributed by atoms with van der Waals surface area (Å²) in [6.45, 7) is 1.48. The van der Waals surface area contributed by atoms with E-state index in [9.17, 15) is 35.9 Å². The minimum atomic E-state index is -4.94. The van der Waals surface area contributed by atoms with E-state index in [1.807, 2.05) is 18.2 Å². The molecule has 2 fully saturated rings. The Kier molecular flexibility index (Phi) is 7.54. The topological polar surface area (TPSA) is 54.3 Å². The number of piperidine rings is 1. The highest BCUT2D eigenvalue weighted by Gasteiger charge is 2.45. The van der Waals surface area contributed by atoms with Gasteiger partial charge in [-0.2, -0.15) is 26.3 Å². The molecule has 2 heterocycles. The largest absolute Gasteiger partial charge is 0.416 e. The molecule has 0 spiro atoms. The predicted molar refractivity (Wildman–Crippen MR) is 140 cm³/mol. The number of fused-ring (bicyclic) bond motifs is 1. The molecule has 1 saturated heterocycles. The van der Waals surface area contributed by atoms with Gasteiger partial charge in [0.1, 0.15) is 0 Å². The number of nitrogens with one attached hydrogen (secondary N) is 1. The summed E-state index contributed by atoms with van der Waals surface area (Å²) in [5.74, 6) is 0.0877. The normalized spacial score (nSPS) is 18.3. The molecular weight excluding hydrogens is 556 g/mol. The van der Waals surface area contributed by atoms with E-state index in [1.165, 1.54) is 11.3 Å². The van der Waals surface area contributed by atoms with Gasteiger partial charge in [0.15, 0.2) is 0 Å². The van der Waals surface area contributed by atoms with Gasteiger partial charge >= 0.3 is 17.2 Å². The molecule has 1 aromatic heterocycles. The Labute approximate surface area is 230 Å². The number of halogens is 6. The summed E-state index contributed by atoms with van der Waals surface area (Å²) >= 11 is 1.19. The van der Waals surface area contributed by atoms with Crippen molar-refractivity contribution in [2.45, 2.75) is 57.5 Å². The quantitative estimate of drug-likeness (QED) is 0.330. The fraction of sp³-hybridized carbons (Fsp3) is 0.500. The van der Waals surface area contributed by atoms with Crippen LogP contribution in [0.25, 0.3) is 10.2 Å². The maximum absolute atomic E-state index is 13.5. The van der Waals surface area contributed by atoms with Gasteiger partial charge in [0, 0.05) is 20.1 Å². The number of amides is 1. The number of thiazole rings is 1. The number of carbonyl (C=O) groups is 1.